The zero-order valence-electron chi connectivity index (χ0n) is 13.6. The van der Waals surface area contributed by atoms with Crippen LogP contribution in [0.2, 0.25) is 0 Å². The molecule has 124 valence electrons. The predicted octanol–water partition coefficient (Wildman–Crippen LogP) is 3.36. The first-order valence-corrected chi connectivity index (χ1v) is 8.56. The average molecular weight is 307 g/mol. The van der Waals surface area contributed by atoms with Gasteiger partial charge in [0.2, 0.25) is 0 Å². The minimum absolute atomic E-state index is 0.0609. The van der Waals surface area contributed by atoms with Gasteiger partial charge in [-0.1, -0.05) is 32.3 Å². The van der Waals surface area contributed by atoms with Gasteiger partial charge in [-0.25, -0.2) is 0 Å². The molecule has 0 heterocycles. The maximum atomic E-state index is 9.51. The van der Waals surface area contributed by atoms with E-state index in [1.807, 2.05) is 6.07 Å². The van der Waals surface area contributed by atoms with Gasteiger partial charge in [-0.3, -0.25) is 0 Å². The SMILES string of the molecule is CCCCNC1CCCCC1OCCc1ccc(O)c(O)c1. The summed E-state index contributed by atoms with van der Waals surface area (Å²) in [5, 5.41) is 22.5. The van der Waals surface area contributed by atoms with Crippen LogP contribution in [0, 0.1) is 0 Å². The van der Waals surface area contributed by atoms with Crippen molar-refractivity contribution in [3.63, 3.8) is 0 Å². The molecular formula is C18H29NO3. The van der Waals surface area contributed by atoms with Gasteiger partial charge in [0, 0.05) is 6.04 Å². The Bertz CT molecular complexity index is 450. The van der Waals surface area contributed by atoms with E-state index in [4.69, 9.17) is 4.74 Å². The number of rotatable bonds is 8. The van der Waals surface area contributed by atoms with Crippen molar-refractivity contribution in [1.29, 1.82) is 0 Å². The number of hydrogen-bond acceptors (Lipinski definition) is 4. The van der Waals surface area contributed by atoms with Crippen LogP contribution in [0.15, 0.2) is 18.2 Å². The van der Waals surface area contributed by atoms with Crippen LogP contribution in [0.25, 0.3) is 0 Å². The molecule has 0 aromatic heterocycles. The minimum atomic E-state index is -0.0721. The third-order valence-corrected chi connectivity index (χ3v) is 4.40. The molecule has 3 N–H and O–H groups in total. The molecule has 0 amide bonds. The Morgan fingerprint density at radius 3 is 2.77 bits per heavy atom. The van der Waals surface area contributed by atoms with Crippen molar-refractivity contribution in [2.75, 3.05) is 13.2 Å². The smallest absolute Gasteiger partial charge is 0.157 e. The van der Waals surface area contributed by atoms with Crippen molar-refractivity contribution in [2.24, 2.45) is 0 Å². The maximum absolute atomic E-state index is 9.51. The number of nitrogens with one attached hydrogen (secondary N) is 1. The molecule has 0 spiro atoms. The van der Waals surface area contributed by atoms with Crippen LogP contribution in [0.4, 0.5) is 0 Å². The van der Waals surface area contributed by atoms with Gasteiger partial charge >= 0.3 is 0 Å². The highest BCUT2D eigenvalue weighted by Gasteiger charge is 2.24. The second-order valence-electron chi connectivity index (χ2n) is 6.18. The summed E-state index contributed by atoms with van der Waals surface area (Å²) >= 11 is 0. The number of phenolic OH excluding ortho intramolecular Hbond substituents is 2. The van der Waals surface area contributed by atoms with Crippen molar-refractivity contribution in [1.82, 2.24) is 5.32 Å². The van der Waals surface area contributed by atoms with E-state index in [1.54, 1.807) is 6.07 Å². The lowest BCUT2D eigenvalue weighted by molar-refractivity contribution is 0.00676. The number of ether oxygens (including phenoxy) is 1. The Balaban J connectivity index is 1.76. The molecule has 0 radical (unpaired) electrons. The fourth-order valence-electron chi connectivity index (χ4n) is 3.05. The fraction of sp³-hybridized carbons (Fsp3) is 0.667. The molecule has 1 aliphatic rings. The summed E-state index contributed by atoms with van der Waals surface area (Å²) in [6.07, 6.45) is 8.36. The number of hydrogen-bond donors (Lipinski definition) is 3. The Labute approximate surface area is 133 Å². The number of unbranched alkanes of at least 4 members (excludes halogenated alkanes) is 1. The predicted molar refractivity (Wildman–Crippen MR) is 88.4 cm³/mol. The Morgan fingerprint density at radius 1 is 1.18 bits per heavy atom. The van der Waals surface area contributed by atoms with Crippen molar-refractivity contribution in [3.8, 4) is 11.5 Å². The van der Waals surface area contributed by atoms with E-state index in [0.29, 0.717) is 18.8 Å². The standard InChI is InChI=1S/C18H29NO3/c1-2-3-11-19-15-6-4-5-7-18(15)22-12-10-14-8-9-16(20)17(21)13-14/h8-9,13,15,18-21H,2-7,10-12H2,1H3. The largest absolute Gasteiger partial charge is 0.504 e. The number of benzene rings is 1. The van der Waals surface area contributed by atoms with E-state index in [-0.39, 0.29) is 11.5 Å². The molecule has 1 fully saturated rings. The lowest BCUT2D eigenvalue weighted by Gasteiger charge is -2.32. The zero-order chi connectivity index (χ0) is 15.8. The third-order valence-electron chi connectivity index (χ3n) is 4.40. The average Bonchev–Trinajstić information content (AvgIpc) is 2.52. The summed E-state index contributed by atoms with van der Waals surface area (Å²) < 4.78 is 6.09. The molecule has 0 saturated heterocycles. The van der Waals surface area contributed by atoms with E-state index in [0.717, 1.165) is 24.9 Å². The maximum Gasteiger partial charge on any atom is 0.157 e. The van der Waals surface area contributed by atoms with Gasteiger partial charge in [0.15, 0.2) is 11.5 Å². The highest BCUT2D eigenvalue weighted by Crippen LogP contribution is 2.25. The highest BCUT2D eigenvalue weighted by molar-refractivity contribution is 5.40. The fourth-order valence-corrected chi connectivity index (χ4v) is 3.05. The van der Waals surface area contributed by atoms with Gasteiger partial charge in [-0.15, -0.1) is 0 Å². The van der Waals surface area contributed by atoms with Crippen LogP contribution in [-0.2, 0) is 11.2 Å². The van der Waals surface area contributed by atoms with E-state index in [1.165, 1.54) is 38.2 Å². The van der Waals surface area contributed by atoms with Gasteiger partial charge in [-0.05, 0) is 49.9 Å². The second-order valence-corrected chi connectivity index (χ2v) is 6.18. The lowest BCUT2D eigenvalue weighted by atomic mass is 9.92. The summed E-state index contributed by atoms with van der Waals surface area (Å²) in [5.74, 6) is -0.133. The van der Waals surface area contributed by atoms with Crippen molar-refractivity contribution < 1.29 is 14.9 Å². The molecular weight excluding hydrogens is 278 g/mol. The summed E-state index contributed by atoms with van der Waals surface area (Å²) in [6.45, 7) is 3.94. The molecule has 4 heteroatoms. The topological polar surface area (TPSA) is 61.7 Å². The van der Waals surface area contributed by atoms with E-state index in [2.05, 4.69) is 12.2 Å². The Morgan fingerprint density at radius 2 is 2.00 bits per heavy atom. The van der Waals surface area contributed by atoms with Crippen LogP contribution < -0.4 is 5.32 Å². The van der Waals surface area contributed by atoms with Gasteiger partial charge in [0.05, 0.1) is 12.7 Å². The van der Waals surface area contributed by atoms with Gasteiger partial charge in [0.1, 0.15) is 0 Å². The van der Waals surface area contributed by atoms with Crippen LogP contribution in [-0.4, -0.2) is 35.5 Å². The second kappa shape index (κ2) is 9.01. The molecule has 1 aromatic rings. The first-order valence-electron chi connectivity index (χ1n) is 8.56. The van der Waals surface area contributed by atoms with Gasteiger partial charge < -0.3 is 20.3 Å². The summed E-state index contributed by atoms with van der Waals surface area (Å²) in [4.78, 5) is 0. The summed E-state index contributed by atoms with van der Waals surface area (Å²) in [7, 11) is 0. The van der Waals surface area contributed by atoms with Crippen molar-refractivity contribution >= 4 is 0 Å². The van der Waals surface area contributed by atoms with Crippen molar-refractivity contribution in [3.05, 3.63) is 23.8 Å². The molecule has 22 heavy (non-hydrogen) atoms. The Hall–Kier alpha value is -1.26. The molecule has 2 rings (SSSR count). The Kier molecular flexibility index (Phi) is 7.00. The number of phenols is 2. The lowest BCUT2D eigenvalue weighted by Crippen LogP contribution is -2.44. The summed E-state index contributed by atoms with van der Waals surface area (Å²) in [5.41, 5.74) is 0.988. The highest BCUT2D eigenvalue weighted by atomic mass is 16.5. The normalized spacial score (nSPS) is 21.9. The molecule has 2 atom stereocenters. The zero-order valence-corrected chi connectivity index (χ0v) is 13.6. The van der Waals surface area contributed by atoms with Gasteiger partial charge in [0.25, 0.3) is 0 Å². The number of aromatic hydroxyl groups is 2. The van der Waals surface area contributed by atoms with Crippen LogP contribution >= 0.6 is 0 Å². The van der Waals surface area contributed by atoms with E-state index < -0.39 is 0 Å². The van der Waals surface area contributed by atoms with Crippen LogP contribution in [0.3, 0.4) is 0 Å². The first-order chi connectivity index (χ1) is 10.7. The minimum Gasteiger partial charge on any atom is -0.504 e. The van der Waals surface area contributed by atoms with E-state index >= 15 is 0 Å². The molecule has 4 nitrogen and oxygen atoms in total. The quantitative estimate of drug-likeness (QED) is 0.509. The molecule has 2 unspecified atom stereocenters. The van der Waals surface area contributed by atoms with E-state index in [9.17, 15) is 10.2 Å². The monoisotopic (exact) mass is 307 g/mol. The van der Waals surface area contributed by atoms with Gasteiger partial charge in [-0.2, -0.15) is 0 Å². The molecule has 0 aliphatic heterocycles. The van der Waals surface area contributed by atoms with Crippen LogP contribution in [0.1, 0.15) is 51.0 Å². The molecule has 1 aromatic carbocycles. The third kappa shape index (κ3) is 5.18. The molecule has 0 bridgehead atoms. The first kappa shape index (κ1) is 17.1. The molecule has 1 saturated carbocycles. The molecule has 1 aliphatic carbocycles. The van der Waals surface area contributed by atoms with Crippen LogP contribution in [0.5, 0.6) is 11.5 Å². The summed E-state index contributed by atoms with van der Waals surface area (Å²) in [6, 6.07) is 5.45. The van der Waals surface area contributed by atoms with Crippen molar-refractivity contribution in [2.45, 2.75) is 64.0 Å².